The lowest BCUT2D eigenvalue weighted by atomic mass is 9.93. The van der Waals surface area contributed by atoms with Crippen molar-refractivity contribution in [1.82, 2.24) is 10.4 Å². The third-order valence-electron chi connectivity index (χ3n) is 3.61. The van der Waals surface area contributed by atoms with Crippen molar-refractivity contribution in [1.29, 1.82) is 0 Å². The molecule has 3 N–H and O–H groups in total. The van der Waals surface area contributed by atoms with Gasteiger partial charge in [0.15, 0.2) is 0 Å². The van der Waals surface area contributed by atoms with Crippen LogP contribution >= 0.6 is 0 Å². The van der Waals surface area contributed by atoms with E-state index >= 15 is 0 Å². The fourth-order valence-corrected chi connectivity index (χ4v) is 2.52. The summed E-state index contributed by atoms with van der Waals surface area (Å²) in [6.07, 6.45) is -0.350. The normalized spacial score (nSPS) is 21.0. The smallest absolute Gasteiger partial charge is 0.426 e. The maximum Gasteiger partial charge on any atom is 0.426 e. The minimum atomic E-state index is -1.27. The molecule has 0 radical (unpaired) electrons. The first-order valence-electron chi connectivity index (χ1n) is 7.24. The minimum absolute atomic E-state index is 0.0629. The molecule has 22 heavy (non-hydrogen) atoms. The molecule has 2 atom stereocenters. The number of hydrazine groups is 1. The van der Waals surface area contributed by atoms with Crippen LogP contribution in [0.1, 0.15) is 31.2 Å². The quantitative estimate of drug-likeness (QED) is 0.743. The highest BCUT2D eigenvalue weighted by Gasteiger charge is 2.30. The Balaban J connectivity index is 1.87. The van der Waals surface area contributed by atoms with Crippen LogP contribution in [0.15, 0.2) is 30.3 Å². The van der Waals surface area contributed by atoms with Crippen LogP contribution < -0.4 is 5.43 Å². The summed E-state index contributed by atoms with van der Waals surface area (Å²) in [5, 5.41) is 19.7. The molecule has 2 rings (SSSR count). The molecule has 1 aliphatic carbocycles. The lowest BCUT2D eigenvalue weighted by molar-refractivity contribution is 0.0312. The van der Waals surface area contributed by atoms with Crippen molar-refractivity contribution in [2.75, 3.05) is 0 Å². The van der Waals surface area contributed by atoms with Gasteiger partial charge in [-0.1, -0.05) is 30.3 Å². The minimum Gasteiger partial charge on any atom is -0.464 e. The number of carbonyl (C=O) groups is 2. The van der Waals surface area contributed by atoms with E-state index in [1.807, 2.05) is 18.2 Å². The molecule has 0 bridgehead atoms. The summed E-state index contributed by atoms with van der Waals surface area (Å²) in [6, 6.07) is 8.67. The van der Waals surface area contributed by atoms with Gasteiger partial charge >= 0.3 is 12.2 Å². The number of amides is 2. The Bertz CT molecular complexity index is 508. The average molecular weight is 308 g/mol. The number of rotatable bonds is 3. The van der Waals surface area contributed by atoms with Gasteiger partial charge in [-0.05, 0) is 31.2 Å². The monoisotopic (exact) mass is 308 g/mol. The topological polar surface area (TPSA) is 99.1 Å². The zero-order valence-electron chi connectivity index (χ0n) is 12.1. The van der Waals surface area contributed by atoms with Crippen LogP contribution in [0.5, 0.6) is 0 Å². The van der Waals surface area contributed by atoms with Crippen molar-refractivity contribution in [2.24, 2.45) is 0 Å². The van der Waals surface area contributed by atoms with Crippen molar-refractivity contribution >= 4 is 12.2 Å². The second-order valence-corrected chi connectivity index (χ2v) is 5.30. The van der Waals surface area contributed by atoms with Crippen LogP contribution in [0.4, 0.5) is 9.59 Å². The summed E-state index contributed by atoms with van der Waals surface area (Å²) in [6.45, 7) is 0.0629. The van der Waals surface area contributed by atoms with Crippen molar-refractivity contribution in [3.05, 3.63) is 35.9 Å². The maximum absolute atomic E-state index is 11.8. The van der Waals surface area contributed by atoms with E-state index in [2.05, 4.69) is 5.43 Å². The molecular formula is C15H20N2O5. The fraction of sp³-hybridized carbons (Fsp3) is 0.467. The molecule has 1 saturated carbocycles. The van der Waals surface area contributed by atoms with Crippen molar-refractivity contribution < 1.29 is 24.5 Å². The highest BCUT2D eigenvalue weighted by Crippen LogP contribution is 2.22. The van der Waals surface area contributed by atoms with Gasteiger partial charge in [0.05, 0.1) is 12.1 Å². The predicted molar refractivity (Wildman–Crippen MR) is 77.9 cm³/mol. The van der Waals surface area contributed by atoms with Gasteiger partial charge in [-0.2, -0.15) is 0 Å². The number of aliphatic hydroxyl groups excluding tert-OH is 1. The molecule has 2 amide bonds. The van der Waals surface area contributed by atoms with Crippen LogP contribution in [-0.4, -0.2) is 39.6 Å². The fourth-order valence-electron chi connectivity index (χ4n) is 2.52. The number of ether oxygens (including phenoxy) is 1. The van der Waals surface area contributed by atoms with E-state index in [0.29, 0.717) is 19.3 Å². The van der Waals surface area contributed by atoms with E-state index in [1.165, 1.54) is 0 Å². The number of hydrogen-bond acceptors (Lipinski definition) is 4. The second-order valence-electron chi connectivity index (χ2n) is 5.30. The number of benzene rings is 1. The van der Waals surface area contributed by atoms with Gasteiger partial charge in [0.25, 0.3) is 0 Å². The number of nitrogens with zero attached hydrogens (tertiary/aromatic N) is 1. The maximum atomic E-state index is 11.8. The number of nitrogens with one attached hydrogen (secondary N) is 1. The Kier molecular flexibility index (Phi) is 5.60. The van der Waals surface area contributed by atoms with Crippen molar-refractivity contribution in [3.63, 3.8) is 0 Å². The third-order valence-corrected chi connectivity index (χ3v) is 3.61. The molecule has 0 aromatic heterocycles. The van der Waals surface area contributed by atoms with Gasteiger partial charge in [0, 0.05) is 0 Å². The molecule has 1 aliphatic rings. The van der Waals surface area contributed by atoms with Crippen LogP contribution in [-0.2, 0) is 11.3 Å². The summed E-state index contributed by atoms with van der Waals surface area (Å²) < 4.78 is 5.01. The van der Waals surface area contributed by atoms with Gasteiger partial charge in [-0.3, -0.25) is 0 Å². The van der Waals surface area contributed by atoms with E-state index in [4.69, 9.17) is 4.74 Å². The molecule has 1 aromatic rings. The van der Waals surface area contributed by atoms with E-state index in [-0.39, 0.29) is 6.61 Å². The SMILES string of the molecule is O=C(NN(C(=O)O)C1CCCC(O)C1)OCc1ccccc1. The zero-order chi connectivity index (χ0) is 15.9. The number of carboxylic acid groups (broad SMARTS) is 1. The summed E-state index contributed by atoms with van der Waals surface area (Å²) in [7, 11) is 0. The summed E-state index contributed by atoms with van der Waals surface area (Å²) in [5.41, 5.74) is 3.05. The Morgan fingerprint density at radius 2 is 2.00 bits per heavy atom. The van der Waals surface area contributed by atoms with Gasteiger partial charge in [0.2, 0.25) is 0 Å². The Morgan fingerprint density at radius 3 is 2.64 bits per heavy atom. The van der Waals surface area contributed by atoms with E-state index in [0.717, 1.165) is 17.0 Å². The Labute approximate surface area is 128 Å². The molecule has 2 unspecified atom stereocenters. The molecule has 0 aliphatic heterocycles. The van der Waals surface area contributed by atoms with Gasteiger partial charge < -0.3 is 14.9 Å². The van der Waals surface area contributed by atoms with Gasteiger partial charge in [-0.25, -0.2) is 20.0 Å². The van der Waals surface area contributed by atoms with Gasteiger partial charge in [0.1, 0.15) is 6.61 Å². The van der Waals surface area contributed by atoms with E-state index in [1.54, 1.807) is 12.1 Å². The standard InChI is InChI=1S/C15H20N2O5/c18-13-8-4-7-12(9-13)17(15(20)21)16-14(19)22-10-11-5-2-1-3-6-11/h1-3,5-6,12-13,18H,4,7-10H2,(H,16,19)(H,20,21). The summed E-state index contributed by atoms with van der Waals surface area (Å²) >= 11 is 0. The summed E-state index contributed by atoms with van der Waals surface area (Å²) in [4.78, 5) is 23.0. The van der Waals surface area contributed by atoms with E-state index < -0.39 is 24.3 Å². The van der Waals surface area contributed by atoms with Crippen LogP contribution in [0.25, 0.3) is 0 Å². The van der Waals surface area contributed by atoms with Crippen molar-refractivity contribution in [2.45, 2.75) is 44.4 Å². The van der Waals surface area contributed by atoms with Crippen LogP contribution in [0.2, 0.25) is 0 Å². The Morgan fingerprint density at radius 1 is 1.27 bits per heavy atom. The zero-order valence-corrected chi connectivity index (χ0v) is 12.1. The molecule has 1 fully saturated rings. The number of hydrogen-bond donors (Lipinski definition) is 3. The second kappa shape index (κ2) is 7.65. The number of carbonyl (C=O) groups excluding carboxylic acids is 1. The Hall–Kier alpha value is -2.28. The molecule has 0 heterocycles. The highest BCUT2D eigenvalue weighted by molar-refractivity contribution is 5.73. The van der Waals surface area contributed by atoms with E-state index in [9.17, 15) is 19.8 Å². The van der Waals surface area contributed by atoms with Crippen LogP contribution in [0.3, 0.4) is 0 Å². The molecule has 120 valence electrons. The number of aliphatic hydroxyl groups is 1. The molecule has 1 aromatic carbocycles. The first-order valence-corrected chi connectivity index (χ1v) is 7.24. The predicted octanol–water partition coefficient (Wildman–Crippen LogP) is 2.11. The molecule has 7 nitrogen and oxygen atoms in total. The largest absolute Gasteiger partial charge is 0.464 e. The average Bonchev–Trinajstić information content (AvgIpc) is 2.51. The first-order chi connectivity index (χ1) is 10.6. The van der Waals surface area contributed by atoms with Crippen LogP contribution in [0, 0.1) is 0 Å². The molecule has 7 heteroatoms. The molecule has 0 spiro atoms. The third kappa shape index (κ3) is 4.63. The molecule has 0 saturated heterocycles. The highest BCUT2D eigenvalue weighted by atomic mass is 16.6. The van der Waals surface area contributed by atoms with Crippen molar-refractivity contribution in [3.8, 4) is 0 Å². The molecular weight excluding hydrogens is 288 g/mol. The first kappa shape index (κ1) is 16.1. The van der Waals surface area contributed by atoms with Gasteiger partial charge in [-0.15, -0.1) is 0 Å². The summed E-state index contributed by atoms with van der Waals surface area (Å²) in [5.74, 6) is 0. The lowest BCUT2D eigenvalue weighted by Crippen LogP contribution is -2.53. The lowest BCUT2D eigenvalue weighted by Gasteiger charge is -2.33.